The van der Waals surface area contributed by atoms with E-state index >= 15 is 0 Å². The summed E-state index contributed by atoms with van der Waals surface area (Å²) in [4.78, 5) is 24.5. The van der Waals surface area contributed by atoms with Crippen LogP contribution in [0.3, 0.4) is 0 Å². The van der Waals surface area contributed by atoms with E-state index in [-0.39, 0.29) is 13.2 Å². The van der Waals surface area contributed by atoms with Gasteiger partial charge in [-0.2, -0.15) is 0 Å². The molecule has 0 spiro atoms. The summed E-state index contributed by atoms with van der Waals surface area (Å²) in [5.41, 5.74) is 7.32. The van der Waals surface area contributed by atoms with Gasteiger partial charge in [0.05, 0.1) is 25.5 Å². The Labute approximate surface area is 274 Å². The van der Waals surface area contributed by atoms with Crippen molar-refractivity contribution >= 4 is 21.9 Å². The van der Waals surface area contributed by atoms with Crippen LogP contribution in [0.1, 0.15) is 44.8 Å². The topological polar surface area (TPSA) is 140 Å². The van der Waals surface area contributed by atoms with Gasteiger partial charge < -0.3 is 18.3 Å². The maximum Gasteiger partial charge on any atom is 0.336 e. The van der Waals surface area contributed by atoms with E-state index in [1.165, 1.54) is 12.1 Å². The summed E-state index contributed by atoms with van der Waals surface area (Å²) < 4.78 is 26.1. The molecular weight excluding hydrogens is 612 g/mol. The zero-order valence-corrected chi connectivity index (χ0v) is 26.9. The fourth-order valence-electron chi connectivity index (χ4n) is 5.57. The fraction of sp³-hybridized carbons (Fsp3) is 0.222. The van der Waals surface area contributed by atoms with E-state index in [0.717, 1.165) is 44.2 Å². The van der Waals surface area contributed by atoms with Crippen molar-refractivity contribution in [3.63, 3.8) is 0 Å². The third kappa shape index (κ3) is 6.32. The molecule has 48 heavy (non-hydrogen) atoms. The van der Waals surface area contributed by atoms with Crippen LogP contribution in [0.15, 0.2) is 91.5 Å². The van der Waals surface area contributed by atoms with Gasteiger partial charge in [-0.25, -0.2) is 19.0 Å². The molecule has 4 heterocycles. The minimum absolute atomic E-state index is 0.219. The maximum absolute atomic E-state index is 12.2. The molecule has 4 aromatic heterocycles. The molecule has 0 amide bonds. The first-order chi connectivity index (χ1) is 23.2. The third-order valence-corrected chi connectivity index (χ3v) is 8.47. The predicted octanol–water partition coefficient (Wildman–Crippen LogP) is 5.57. The van der Waals surface area contributed by atoms with Crippen molar-refractivity contribution in [2.45, 2.75) is 54.0 Å². The predicted molar refractivity (Wildman–Crippen MR) is 177 cm³/mol. The number of ether oxygens (including phenoxy) is 2. The molecule has 0 saturated heterocycles. The van der Waals surface area contributed by atoms with Gasteiger partial charge in [-0.05, 0) is 85.3 Å². The lowest BCUT2D eigenvalue weighted by atomic mass is 10.0. The number of aryl methyl sites for hydroxylation is 4. The largest absolute Gasteiger partial charge is 0.487 e. The first-order valence-corrected chi connectivity index (χ1v) is 15.4. The van der Waals surface area contributed by atoms with E-state index in [1.54, 1.807) is 21.8 Å². The van der Waals surface area contributed by atoms with Crippen LogP contribution in [0.25, 0.3) is 21.9 Å². The molecule has 0 fully saturated rings. The fourth-order valence-corrected chi connectivity index (χ4v) is 5.57. The molecule has 242 valence electrons. The number of hydrogen-bond donors (Lipinski definition) is 0. The van der Waals surface area contributed by atoms with Crippen molar-refractivity contribution < 1.29 is 18.3 Å². The molecule has 0 unspecified atom stereocenters. The molecular formula is C36H32N6O6. The van der Waals surface area contributed by atoms with Gasteiger partial charge in [-0.3, -0.25) is 0 Å². The van der Waals surface area contributed by atoms with Crippen molar-refractivity contribution in [1.82, 2.24) is 30.0 Å². The second-order valence-electron chi connectivity index (χ2n) is 11.8. The van der Waals surface area contributed by atoms with Gasteiger partial charge in [0.2, 0.25) is 0 Å². The molecule has 0 N–H and O–H groups in total. The van der Waals surface area contributed by atoms with Crippen molar-refractivity contribution in [3.05, 3.63) is 139 Å². The van der Waals surface area contributed by atoms with E-state index in [4.69, 9.17) is 18.3 Å². The monoisotopic (exact) mass is 644 g/mol. The summed E-state index contributed by atoms with van der Waals surface area (Å²) in [7, 11) is 0. The summed E-state index contributed by atoms with van der Waals surface area (Å²) in [6, 6.07) is 18.2. The highest BCUT2D eigenvalue weighted by Crippen LogP contribution is 2.25. The van der Waals surface area contributed by atoms with Crippen molar-refractivity contribution in [2.24, 2.45) is 0 Å². The Morgan fingerprint density at radius 2 is 1.02 bits per heavy atom. The van der Waals surface area contributed by atoms with Gasteiger partial charge in [-0.1, -0.05) is 34.7 Å². The zero-order chi connectivity index (χ0) is 33.4. The Kier molecular flexibility index (Phi) is 8.05. The van der Waals surface area contributed by atoms with E-state index in [0.29, 0.717) is 47.1 Å². The molecule has 7 rings (SSSR count). The van der Waals surface area contributed by atoms with Gasteiger partial charge in [0.25, 0.3) is 0 Å². The Bertz CT molecular complexity index is 2240. The first kappa shape index (κ1) is 30.6. The molecule has 7 aromatic rings. The lowest BCUT2D eigenvalue weighted by molar-refractivity contribution is 0.292. The van der Waals surface area contributed by atoms with Crippen LogP contribution < -0.4 is 20.7 Å². The highest BCUT2D eigenvalue weighted by atomic mass is 16.5. The smallest absolute Gasteiger partial charge is 0.336 e. The minimum Gasteiger partial charge on any atom is -0.487 e. The first-order valence-electron chi connectivity index (χ1n) is 15.4. The quantitative estimate of drug-likeness (QED) is 0.174. The van der Waals surface area contributed by atoms with Gasteiger partial charge in [-0.15, -0.1) is 10.2 Å². The highest BCUT2D eigenvalue weighted by molar-refractivity contribution is 5.84. The molecule has 12 heteroatoms. The summed E-state index contributed by atoms with van der Waals surface area (Å²) in [6.07, 6.45) is 3.59. The number of rotatable bonds is 10. The zero-order valence-electron chi connectivity index (χ0n) is 26.9. The van der Waals surface area contributed by atoms with Crippen LogP contribution >= 0.6 is 0 Å². The summed E-state index contributed by atoms with van der Waals surface area (Å²) >= 11 is 0. The van der Waals surface area contributed by atoms with Crippen LogP contribution in [-0.2, 0) is 26.3 Å². The van der Waals surface area contributed by atoms with Gasteiger partial charge in [0, 0.05) is 22.9 Å². The second kappa shape index (κ2) is 12.6. The number of hydrogen-bond acceptors (Lipinski definition) is 10. The summed E-state index contributed by atoms with van der Waals surface area (Å²) in [5, 5.41) is 18.6. The average Bonchev–Trinajstić information content (AvgIpc) is 3.72. The Morgan fingerprint density at radius 3 is 1.44 bits per heavy atom. The molecule has 0 aliphatic carbocycles. The van der Waals surface area contributed by atoms with Crippen LogP contribution in [-0.4, -0.2) is 30.0 Å². The van der Waals surface area contributed by atoms with Gasteiger partial charge in [0.1, 0.15) is 47.3 Å². The van der Waals surface area contributed by atoms with E-state index in [2.05, 4.69) is 20.6 Å². The van der Waals surface area contributed by atoms with Crippen LogP contribution in [0, 0.1) is 27.7 Å². The molecule has 0 bridgehead atoms. The molecule has 3 aromatic carbocycles. The van der Waals surface area contributed by atoms with E-state index < -0.39 is 11.3 Å². The van der Waals surface area contributed by atoms with Crippen molar-refractivity contribution in [1.29, 1.82) is 0 Å². The van der Waals surface area contributed by atoms with Crippen LogP contribution in [0.5, 0.6) is 11.5 Å². The SMILES string of the molecule is Cc1ccc2c(Cn3cc(COc4ccc(OCc5cn(Cc6cc(=O)oc7c(C)c(C)ccc67)nn5)cc4)nn3)cc(=O)oc2c1C. The van der Waals surface area contributed by atoms with Crippen molar-refractivity contribution in [3.8, 4) is 11.5 Å². The van der Waals surface area contributed by atoms with E-state index in [1.807, 2.05) is 76.2 Å². The molecule has 0 aliphatic heterocycles. The highest BCUT2D eigenvalue weighted by Gasteiger charge is 2.13. The van der Waals surface area contributed by atoms with Crippen molar-refractivity contribution in [2.75, 3.05) is 0 Å². The lowest BCUT2D eigenvalue weighted by Crippen LogP contribution is -2.07. The minimum atomic E-state index is -0.396. The van der Waals surface area contributed by atoms with Gasteiger partial charge >= 0.3 is 11.3 Å². The standard InChI is InChI=1S/C36H32N6O6/c1-21-5-11-31-25(13-33(43)47-35(31)23(21)3)15-41-17-27(37-39-41)19-45-29-7-9-30(10-8-29)46-20-28-18-42(40-38-28)16-26-14-34(44)48-36-24(4)22(2)6-12-32(26)36/h5-14,17-18H,15-16,19-20H2,1-4H3. The van der Waals surface area contributed by atoms with Gasteiger partial charge in [0.15, 0.2) is 0 Å². The number of aromatic nitrogens is 6. The maximum atomic E-state index is 12.2. The number of nitrogens with zero attached hydrogens (tertiary/aromatic N) is 6. The summed E-state index contributed by atoms with van der Waals surface area (Å²) in [6.45, 7) is 9.05. The molecule has 12 nitrogen and oxygen atoms in total. The Morgan fingerprint density at radius 1 is 0.604 bits per heavy atom. The normalized spacial score (nSPS) is 11.4. The Hall–Kier alpha value is -6.04. The van der Waals surface area contributed by atoms with E-state index in [9.17, 15) is 9.59 Å². The average molecular weight is 645 g/mol. The molecule has 0 atom stereocenters. The number of benzene rings is 3. The van der Waals surface area contributed by atoms with Crippen LogP contribution in [0.4, 0.5) is 0 Å². The second-order valence-corrected chi connectivity index (χ2v) is 11.8. The molecule has 0 aliphatic rings. The number of fused-ring (bicyclic) bond motifs is 2. The molecule has 0 saturated carbocycles. The Balaban J connectivity index is 0.937. The third-order valence-electron chi connectivity index (χ3n) is 8.47. The summed E-state index contributed by atoms with van der Waals surface area (Å²) in [5.74, 6) is 1.29. The van der Waals surface area contributed by atoms with Crippen LogP contribution in [0.2, 0.25) is 0 Å². The molecule has 0 radical (unpaired) electrons. The lowest BCUT2D eigenvalue weighted by Gasteiger charge is -2.09.